The average Bonchev–Trinajstić information content (AvgIpc) is 2.46. The Bertz CT molecular complexity index is 493. The van der Waals surface area contributed by atoms with Gasteiger partial charge in [0, 0.05) is 29.9 Å². The van der Waals surface area contributed by atoms with Gasteiger partial charge in [0.05, 0.1) is 6.42 Å². The van der Waals surface area contributed by atoms with Crippen molar-refractivity contribution in [1.29, 1.82) is 0 Å². The molecule has 0 aliphatic carbocycles. The summed E-state index contributed by atoms with van der Waals surface area (Å²) in [6.45, 7) is 3.33. The van der Waals surface area contributed by atoms with Crippen LogP contribution in [-0.2, 0) is 16.0 Å². The molecule has 0 unspecified atom stereocenters. The number of amides is 1. The van der Waals surface area contributed by atoms with Crippen molar-refractivity contribution in [2.75, 3.05) is 13.1 Å². The van der Waals surface area contributed by atoms with E-state index in [2.05, 4.69) is 15.9 Å². The van der Waals surface area contributed by atoms with Crippen molar-refractivity contribution in [3.8, 4) is 0 Å². The molecule has 2 rings (SSSR count). The Kier molecular flexibility index (Phi) is 5.35. The monoisotopic (exact) mass is 337 g/mol. The molecule has 20 heavy (non-hydrogen) atoms. The molecule has 1 aliphatic heterocycles. The number of benzene rings is 1. The third kappa shape index (κ3) is 3.92. The zero-order chi connectivity index (χ0) is 14.5. The Morgan fingerprint density at radius 1 is 1.30 bits per heavy atom. The van der Waals surface area contributed by atoms with Gasteiger partial charge in [-0.2, -0.15) is 0 Å². The van der Waals surface area contributed by atoms with Crippen LogP contribution in [0.25, 0.3) is 0 Å². The molecule has 4 heteroatoms. The highest BCUT2D eigenvalue weighted by molar-refractivity contribution is 9.10. The van der Waals surface area contributed by atoms with Crippen molar-refractivity contribution in [1.82, 2.24) is 4.90 Å². The molecular formula is C16H20BrNO2. The maximum atomic E-state index is 12.3. The van der Waals surface area contributed by atoms with E-state index in [9.17, 15) is 9.59 Å². The van der Waals surface area contributed by atoms with E-state index in [1.54, 1.807) is 0 Å². The summed E-state index contributed by atoms with van der Waals surface area (Å²) >= 11 is 3.42. The van der Waals surface area contributed by atoms with Gasteiger partial charge in [-0.15, -0.1) is 0 Å². The SMILES string of the molecule is CCC(=O)C1CCN(C(=O)Cc2cccc(Br)c2)CC1. The van der Waals surface area contributed by atoms with Gasteiger partial charge in [0.2, 0.25) is 5.91 Å². The smallest absolute Gasteiger partial charge is 0.226 e. The topological polar surface area (TPSA) is 37.4 Å². The molecule has 1 heterocycles. The first-order valence-electron chi connectivity index (χ1n) is 7.15. The van der Waals surface area contributed by atoms with Crippen molar-refractivity contribution < 1.29 is 9.59 Å². The molecule has 0 spiro atoms. The summed E-state index contributed by atoms with van der Waals surface area (Å²) in [5, 5.41) is 0. The molecule has 108 valence electrons. The zero-order valence-corrected chi connectivity index (χ0v) is 13.4. The van der Waals surface area contributed by atoms with Gasteiger partial charge in [-0.25, -0.2) is 0 Å². The van der Waals surface area contributed by atoms with Gasteiger partial charge in [0.25, 0.3) is 0 Å². The molecule has 1 fully saturated rings. The molecule has 0 saturated carbocycles. The van der Waals surface area contributed by atoms with Crippen LogP contribution in [0.3, 0.4) is 0 Å². The van der Waals surface area contributed by atoms with Crippen molar-refractivity contribution in [2.45, 2.75) is 32.6 Å². The predicted molar refractivity (Wildman–Crippen MR) is 82.4 cm³/mol. The number of carbonyl (C=O) groups excluding carboxylic acids is 2. The number of ketones is 1. The number of nitrogens with zero attached hydrogens (tertiary/aromatic N) is 1. The predicted octanol–water partition coefficient (Wildman–Crippen LogP) is 3.21. The van der Waals surface area contributed by atoms with Gasteiger partial charge >= 0.3 is 0 Å². The Balaban J connectivity index is 1.87. The van der Waals surface area contributed by atoms with Gasteiger partial charge in [-0.1, -0.05) is 35.0 Å². The van der Waals surface area contributed by atoms with E-state index in [-0.39, 0.29) is 11.8 Å². The Labute approximate surface area is 128 Å². The van der Waals surface area contributed by atoms with Crippen LogP contribution in [0, 0.1) is 5.92 Å². The molecule has 0 aromatic heterocycles. The fraction of sp³-hybridized carbons (Fsp3) is 0.500. The lowest BCUT2D eigenvalue weighted by Crippen LogP contribution is -2.40. The summed E-state index contributed by atoms with van der Waals surface area (Å²) in [4.78, 5) is 25.8. The van der Waals surface area contributed by atoms with E-state index < -0.39 is 0 Å². The van der Waals surface area contributed by atoms with Crippen LogP contribution < -0.4 is 0 Å². The third-order valence-corrected chi connectivity index (χ3v) is 4.39. The Morgan fingerprint density at radius 2 is 2.00 bits per heavy atom. The summed E-state index contributed by atoms with van der Waals surface area (Å²) in [6.07, 6.45) is 2.68. The van der Waals surface area contributed by atoms with Crippen LogP contribution >= 0.6 is 15.9 Å². The van der Waals surface area contributed by atoms with E-state index in [1.807, 2.05) is 36.1 Å². The largest absolute Gasteiger partial charge is 0.342 e. The van der Waals surface area contributed by atoms with Crippen molar-refractivity contribution >= 4 is 27.6 Å². The minimum atomic E-state index is 0.158. The van der Waals surface area contributed by atoms with Crippen LogP contribution in [0.4, 0.5) is 0 Å². The lowest BCUT2D eigenvalue weighted by Gasteiger charge is -2.31. The summed E-state index contributed by atoms with van der Waals surface area (Å²) in [5.41, 5.74) is 1.02. The molecular weight excluding hydrogens is 318 g/mol. The molecule has 1 aromatic rings. The number of likely N-dealkylation sites (tertiary alicyclic amines) is 1. The maximum Gasteiger partial charge on any atom is 0.226 e. The van der Waals surface area contributed by atoms with E-state index in [0.717, 1.165) is 22.9 Å². The molecule has 0 atom stereocenters. The van der Waals surface area contributed by atoms with E-state index in [1.165, 1.54) is 0 Å². The number of piperidine rings is 1. The van der Waals surface area contributed by atoms with Crippen molar-refractivity contribution in [2.24, 2.45) is 5.92 Å². The van der Waals surface area contributed by atoms with E-state index >= 15 is 0 Å². The second kappa shape index (κ2) is 7.02. The highest BCUT2D eigenvalue weighted by Crippen LogP contribution is 2.20. The average molecular weight is 338 g/mol. The van der Waals surface area contributed by atoms with Gasteiger partial charge in [-0.05, 0) is 30.5 Å². The Morgan fingerprint density at radius 3 is 2.60 bits per heavy atom. The van der Waals surface area contributed by atoms with E-state index in [0.29, 0.717) is 31.7 Å². The third-order valence-electron chi connectivity index (χ3n) is 3.90. The first-order valence-corrected chi connectivity index (χ1v) is 7.94. The molecule has 1 saturated heterocycles. The number of halogens is 1. The zero-order valence-electron chi connectivity index (χ0n) is 11.8. The van der Waals surface area contributed by atoms with Crippen molar-refractivity contribution in [3.63, 3.8) is 0 Å². The lowest BCUT2D eigenvalue weighted by molar-refractivity contribution is -0.134. The van der Waals surface area contributed by atoms with Gasteiger partial charge in [0.1, 0.15) is 5.78 Å². The molecule has 3 nitrogen and oxygen atoms in total. The second-order valence-electron chi connectivity index (χ2n) is 5.28. The van der Waals surface area contributed by atoms with E-state index in [4.69, 9.17) is 0 Å². The minimum absolute atomic E-state index is 0.158. The van der Waals surface area contributed by atoms with Gasteiger partial charge < -0.3 is 4.90 Å². The molecule has 0 bridgehead atoms. The second-order valence-corrected chi connectivity index (χ2v) is 6.20. The molecule has 1 aromatic carbocycles. The molecule has 1 aliphatic rings. The quantitative estimate of drug-likeness (QED) is 0.845. The van der Waals surface area contributed by atoms with Crippen LogP contribution in [-0.4, -0.2) is 29.7 Å². The highest BCUT2D eigenvalue weighted by Gasteiger charge is 2.26. The molecule has 1 amide bonds. The first-order chi connectivity index (χ1) is 9.60. The minimum Gasteiger partial charge on any atom is -0.342 e. The summed E-state index contributed by atoms with van der Waals surface area (Å²) < 4.78 is 0.995. The summed E-state index contributed by atoms with van der Waals surface area (Å²) in [7, 11) is 0. The van der Waals surface area contributed by atoms with Crippen LogP contribution in [0.1, 0.15) is 31.7 Å². The number of Topliss-reactive ketones (excluding diaryl/α,β-unsaturated/α-hetero) is 1. The maximum absolute atomic E-state index is 12.3. The normalized spacial score (nSPS) is 16.2. The van der Waals surface area contributed by atoms with Gasteiger partial charge in [-0.3, -0.25) is 9.59 Å². The van der Waals surface area contributed by atoms with Gasteiger partial charge in [0.15, 0.2) is 0 Å². The fourth-order valence-electron chi connectivity index (χ4n) is 2.67. The standard InChI is InChI=1S/C16H20BrNO2/c1-2-15(19)13-6-8-18(9-7-13)16(20)11-12-4-3-5-14(17)10-12/h3-5,10,13H,2,6-9,11H2,1H3. The number of rotatable bonds is 4. The molecule has 0 radical (unpaired) electrons. The Hall–Kier alpha value is -1.16. The first kappa shape index (κ1) is 15.2. The number of hydrogen-bond acceptors (Lipinski definition) is 2. The van der Waals surface area contributed by atoms with Crippen LogP contribution in [0.15, 0.2) is 28.7 Å². The summed E-state index contributed by atoms with van der Waals surface area (Å²) in [6, 6.07) is 7.84. The lowest BCUT2D eigenvalue weighted by atomic mass is 9.91. The highest BCUT2D eigenvalue weighted by atomic mass is 79.9. The number of carbonyl (C=O) groups is 2. The molecule has 0 N–H and O–H groups in total. The fourth-order valence-corrected chi connectivity index (χ4v) is 3.12. The van der Waals surface area contributed by atoms with Crippen LogP contribution in [0.2, 0.25) is 0 Å². The number of hydrogen-bond donors (Lipinski definition) is 0. The summed E-state index contributed by atoms with van der Waals surface area (Å²) in [5.74, 6) is 0.657. The van der Waals surface area contributed by atoms with Crippen LogP contribution in [0.5, 0.6) is 0 Å². The van der Waals surface area contributed by atoms with Crippen molar-refractivity contribution in [3.05, 3.63) is 34.3 Å².